The molecule has 0 aliphatic rings. The van der Waals surface area contributed by atoms with Crippen molar-refractivity contribution in [3.05, 3.63) is 0 Å². The van der Waals surface area contributed by atoms with Gasteiger partial charge in [-0.2, -0.15) is 0 Å². The number of carbonyl (C=O) groups is 1. The summed E-state index contributed by atoms with van der Waals surface area (Å²) in [6, 6.07) is -0.120. The summed E-state index contributed by atoms with van der Waals surface area (Å²) >= 11 is 0. The van der Waals surface area contributed by atoms with Crippen LogP contribution in [0.15, 0.2) is 0 Å². The van der Waals surface area contributed by atoms with Crippen LogP contribution in [0.25, 0.3) is 0 Å². The van der Waals surface area contributed by atoms with E-state index in [4.69, 9.17) is 0 Å². The predicted molar refractivity (Wildman–Crippen MR) is 72.2 cm³/mol. The molecule has 0 amide bonds. The van der Waals surface area contributed by atoms with Crippen LogP contribution >= 0.6 is 0 Å². The molecule has 108 valence electrons. The van der Waals surface area contributed by atoms with Crippen LogP contribution in [0.2, 0.25) is 0 Å². The fraction of sp³-hybridized carbons (Fsp3) is 0.917. The van der Waals surface area contributed by atoms with E-state index in [1.54, 1.807) is 0 Å². The normalized spacial score (nSPS) is 14.3. The minimum atomic E-state index is -3.25. The Labute approximate surface area is 110 Å². The second kappa shape index (κ2) is 7.09. The van der Waals surface area contributed by atoms with E-state index < -0.39 is 15.8 Å². The first-order valence-corrected chi connectivity index (χ1v) is 7.95. The third-order valence-electron chi connectivity index (χ3n) is 2.76. The van der Waals surface area contributed by atoms with Crippen LogP contribution < -0.4 is 5.32 Å². The number of hydrogen-bond acceptors (Lipinski definition) is 5. The van der Waals surface area contributed by atoms with Gasteiger partial charge in [0.25, 0.3) is 0 Å². The number of nitrogens with one attached hydrogen (secondary N) is 1. The van der Waals surface area contributed by atoms with Crippen LogP contribution in [0.4, 0.5) is 0 Å². The smallest absolute Gasteiger partial charge is 0.306 e. The average molecular weight is 279 g/mol. The molecule has 0 spiro atoms. The highest BCUT2D eigenvalue weighted by atomic mass is 32.2. The van der Waals surface area contributed by atoms with Crippen molar-refractivity contribution in [3.63, 3.8) is 0 Å². The van der Waals surface area contributed by atoms with Gasteiger partial charge in [-0.15, -0.1) is 0 Å². The lowest BCUT2D eigenvalue weighted by molar-refractivity contribution is -0.140. The summed E-state index contributed by atoms with van der Waals surface area (Å²) in [6.07, 6.45) is -0.0815. The number of methoxy groups -OCH3 is 1. The van der Waals surface area contributed by atoms with Gasteiger partial charge in [0, 0.05) is 6.04 Å². The molecule has 1 atom stereocenters. The van der Waals surface area contributed by atoms with Crippen molar-refractivity contribution in [3.8, 4) is 0 Å². The molecular formula is C12H25NO4S. The number of sulfone groups is 1. The fourth-order valence-corrected chi connectivity index (χ4v) is 3.31. The maximum absolute atomic E-state index is 11.9. The lowest BCUT2D eigenvalue weighted by Crippen LogP contribution is -2.45. The Kier molecular flexibility index (Phi) is 6.84. The Bertz CT molecular complexity index is 357. The number of carbonyl (C=O) groups excluding carboxylic acids is 1. The van der Waals surface area contributed by atoms with Crippen molar-refractivity contribution < 1.29 is 17.9 Å². The monoisotopic (exact) mass is 279 g/mol. The first-order chi connectivity index (χ1) is 8.12. The maximum atomic E-state index is 11.9. The van der Waals surface area contributed by atoms with Crippen LogP contribution in [-0.4, -0.2) is 45.6 Å². The van der Waals surface area contributed by atoms with Crippen LogP contribution in [0.1, 0.15) is 34.1 Å². The molecular weight excluding hydrogens is 254 g/mol. The molecule has 0 saturated carbocycles. The predicted octanol–water partition coefficient (Wildman–Crippen LogP) is 0.988. The van der Waals surface area contributed by atoms with Gasteiger partial charge in [-0.1, -0.05) is 27.7 Å². The second-order valence-electron chi connectivity index (χ2n) is 5.42. The average Bonchev–Trinajstić information content (AvgIpc) is 2.24. The first kappa shape index (κ1) is 17.4. The summed E-state index contributed by atoms with van der Waals surface area (Å²) in [4.78, 5) is 11.0. The minimum Gasteiger partial charge on any atom is -0.469 e. The van der Waals surface area contributed by atoms with Crippen molar-refractivity contribution in [2.45, 2.75) is 40.2 Å². The van der Waals surface area contributed by atoms with Gasteiger partial charge in [0.1, 0.15) is 0 Å². The third-order valence-corrected chi connectivity index (χ3v) is 4.43. The number of hydrogen-bond donors (Lipinski definition) is 1. The van der Waals surface area contributed by atoms with Crippen LogP contribution in [0.5, 0.6) is 0 Å². The summed E-state index contributed by atoms with van der Waals surface area (Å²) in [6.45, 7) is 8.65. The number of esters is 1. The zero-order chi connectivity index (χ0) is 14.4. The molecule has 0 saturated heterocycles. The Morgan fingerprint density at radius 3 is 2.28 bits per heavy atom. The minimum absolute atomic E-state index is 0.0430. The topological polar surface area (TPSA) is 72.5 Å². The zero-order valence-corrected chi connectivity index (χ0v) is 12.8. The first-order valence-electron chi connectivity index (χ1n) is 6.13. The highest BCUT2D eigenvalue weighted by molar-refractivity contribution is 7.91. The van der Waals surface area contributed by atoms with Gasteiger partial charge in [-0.3, -0.25) is 4.79 Å². The number of rotatable bonds is 7. The summed E-state index contributed by atoms with van der Waals surface area (Å²) in [7, 11) is -2.00. The van der Waals surface area contributed by atoms with Crippen LogP contribution in [0, 0.1) is 5.41 Å². The van der Waals surface area contributed by atoms with E-state index in [0.717, 1.165) is 0 Å². The van der Waals surface area contributed by atoms with E-state index in [0.29, 0.717) is 6.54 Å². The van der Waals surface area contributed by atoms with Gasteiger partial charge in [-0.05, 0) is 12.0 Å². The summed E-state index contributed by atoms with van der Waals surface area (Å²) < 4.78 is 28.3. The Morgan fingerprint density at radius 1 is 1.33 bits per heavy atom. The highest BCUT2D eigenvalue weighted by Crippen LogP contribution is 2.21. The van der Waals surface area contributed by atoms with E-state index in [9.17, 15) is 13.2 Å². The van der Waals surface area contributed by atoms with Gasteiger partial charge >= 0.3 is 5.97 Å². The largest absolute Gasteiger partial charge is 0.469 e. The Morgan fingerprint density at radius 2 is 1.89 bits per heavy atom. The van der Waals surface area contributed by atoms with E-state index in [2.05, 4.69) is 10.1 Å². The van der Waals surface area contributed by atoms with Gasteiger partial charge in [-0.25, -0.2) is 8.42 Å². The highest BCUT2D eigenvalue weighted by Gasteiger charge is 2.29. The molecule has 0 aromatic heterocycles. The zero-order valence-electron chi connectivity index (χ0n) is 11.9. The van der Waals surface area contributed by atoms with Crippen molar-refractivity contribution in [1.82, 2.24) is 5.32 Å². The standard InChI is InChI=1S/C12H25NO4S/c1-6-13-10(12(2,3)4)9-18(15,16)8-7-11(14)17-5/h10,13H,6-9H2,1-5H3. The molecule has 0 aliphatic heterocycles. The molecule has 0 aromatic carbocycles. The van der Waals surface area contributed by atoms with E-state index in [1.807, 2.05) is 27.7 Å². The van der Waals surface area contributed by atoms with E-state index in [1.165, 1.54) is 7.11 Å². The van der Waals surface area contributed by atoms with Crippen LogP contribution in [-0.2, 0) is 19.4 Å². The summed E-state index contributed by atoms with van der Waals surface area (Å²) in [5.41, 5.74) is -0.144. The molecule has 5 nitrogen and oxygen atoms in total. The maximum Gasteiger partial charge on any atom is 0.306 e. The lowest BCUT2D eigenvalue weighted by Gasteiger charge is -2.31. The van der Waals surface area contributed by atoms with Gasteiger partial charge in [0.15, 0.2) is 9.84 Å². The van der Waals surface area contributed by atoms with E-state index >= 15 is 0 Å². The third kappa shape index (κ3) is 6.96. The van der Waals surface area contributed by atoms with Crippen molar-refractivity contribution in [2.75, 3.05) is 25.2 Å². The van der Waals surface area contributed by atoms with Gasteiger partial charge in [0.2, 0.25) is 0 Å². The molecule has 0 aromatic rings. The Balaban J connectivity index is 4.57. The SMILES string of the molecule is CCNC(CS(=O)(=O)CCC(=O)OC)C(C)(C)C. The Hall–Kier alpha value is -0.620. The molecule has 1 N–H and O–H groups in total. The molecule has 6 heteroatoms. The van der Waals surface area contributed by atoms with Crippen LogP contribution in [0.3, 0.4) is 0 Å². The second-order valence-corrected chi connectivity index (χ2v) is 7.65. The molecule has 1 unspecified atom stereocenters. The van der Waals surface area contributed by atoms with E-state index in [-0.39, 0.29) is 29.4 Å². The van der Waals surface area contributed by atoms with Gasteiger partial charge < -0.3 is 10.1 Å². The summed E-state index contributed by atoms with van der Waals surface area (Å²) in [5.74, 6) is -0.603. The lowest BCUT2D eigenvalue weighted by atomic mass is 9.88. The van der Waals surface area contributed by atoms with Crippen molar-refractivity contribution in [2.24, 2.45) is 5.41 Å². The molecule has 0 radical (unpaired) electrons. The number of ether oxygens (including phenoxy) is 1. The molecule has 0 rings (SSSR count). The fourth-order valence-electron chi connectivity index (χ4n) is 1.54. The molecule has 0 heterocycles. The van der Waals surface area contributed by atoms with Crippen molar-refractivity contribution in [1.29, 1.82) is 0 Å². The molecule has 18 heavy (non-hydrogen) atoms. The molecule has 0 aliphatic carbocycles. The van der Waals surface area contributed by atoms with Gasteiger partial charge in [0.05, 0.1) is 25.0 Å². The van der Waals surface area contributed by atoms with Crippen molar-refractivity contribution >= 4 is 15.8 Å². The molecule has 0 bridgehead atoms. The quantitative estimate of drug-likeness (QED) is 0.704. The molecule has 0 fully saturated rings. The summed E-state index contributed by atoms with van der Waals surface area (Å²) in [5, 5.41) is 3.18.